The van der Waals surface area contributed by atoms with Crippen molar-refractivity contribution in [2.24, 2.45) is 0 Å². The van der Waals surface area contributed by atoms with Gasteiger partial charge in [-0.15, -0.1) is 0 Å². The highest BCUT2D eigenvalue weighted by atomic mass is 16.2. The van der Waals surface area contributed by atoms with Crippen LogP contribution in [0, 0.1) is 0 Å². The highest BCUT2D eigenvalue weighted by Crippen LogP contribution is 2.44. The second kappa shape index (κ2) is 7.59. The van der Waals surface area contributed by atoms with Gasteiger partial charge in [-0.1, -0.05) is 30.3 Å². The third-order valence-electron chi connectivity index (χ3n) is 5.38. The minimum atomic E-state index is -0.329. The molecule has 1 aliphatic rings. The van der Waals surface area contributed by atoms with Crippen LogP contribution in [-0.4, -0.2) is 21.1 Å². The Morgan fingerprint density at radius 2 is 1.87 bits per heavy atom. The van der Waals surface area contributed by atoms with Crippen LogP contribution in [0.4, 0.5) is 10.5 Å². The lowest BCUT2D eigenvalue weighted by Gasteiger charge is -2.22. The van der Waals surface area contributed by atoms with Crippen molar-refractivity contribution in [3.8, 4) is 0 Å². The van der Waals surface area contributed by atoms with Gasteiger partial charge in [-0.25, -0.2) is 9.78 Å². The zero-order valence-electron chi connectivity index (χ0n) is 17.9. The van der Waals surface area contributed by atoms with E-state index in [-0.39, 0.29) is 23.2 Å². The SMILES string of the molecule is C[C@@H](c1ccccc1)n1c(=O)cnc2cc(NC(=O)NC(C)(C)C)c(C3CC3)cc21. The number of aromatic nitrogens is 2. The summed E-state index contributed by atoms with van der Waals surface area (Å²) >= 11 is 0. The minimum Gasteiger partial charge on any atom is -0.333 e. The first-order valence-corrected chi connectivity index (χ1v) is 10.4. The number of nitrogens with zero attached hydrogens (tertiary/aromatic N) is 2. The molecule has 3 aromatic rings. The van der Waals surface area contributed by atoms with Crippen molar-refractivity contribution in [3.63, 3.8) is 0 Å². The van der Waals surface area contributed by atoms with E-state index in [4.69, 9.17) is 0 Å². The summed E-state index contributed by atoms with van der Waals surface area (Å²) in [6.07, 6.45) is 3.52. The van der Waals surface area contributed by atoms with Crippen molar-refractivity contribution < 1.29 is 4.79 Å². The molecular weight excluding hydrogens is 376 g/mol. The zero-order valence-corrected chi connectivity index (χ0v) is 17.9. The highest BCUT2D eigenvalue weighted by molar-refractivity contribution is 5.94. The lowest BCUT2D eigenvalue weighted by molar-refractivity contribution is 0.244. The molecule has 0 radical (unpaired) electrons. The van der Waals surface area contributed by atoms with Gasteiger partial charge in [-0.3, -0.25) is 9.36 Å². The van der Waals surface area contributed by atoms with Crippen molar-refractivity contribution in [2.45, 2.75) is 58.0 Å². The van der Waals surface area contributed by atoms with Crippen LogP contribution in [-0.2, 0) is 0 Å². The first kappa shape index (κ1) is 20.1. The monoisotopic (exact) mass is 404 g/mol. The maximum absolute atomic E-state index is 12.8. The normalized spacial score (nSPS) is 15.1. The Morgan fingerprint density at radius 3 is 2.50 bits per heavy atom. The smallest absolute Gasteiger partial charge is 0.319 e. The number of amides is 2. The fourth-order valence-corrected chi connectivity index (χ4v) is 3.81. The molecule has 1 atom stereocenters. The molecule has 1 heterocycles. The lowest BCUT2D eigenvalue weighted by atomic mass is 10.0. The fourth-order valence-electron chi connectivity index (χ4n) is 3.81. The molecule has 30 heavy (non-hydrogen) atoms. The molecule has 2 amide bonds. The molecule has 0 bridgehead atoms. The van der Waals surface area contributed by atoms with Gasteiger partial charge >= 0.3 is 6.03 Å². The summed E-state index contributed by atoms with van der Waals surface area (Å²) < 4.78 is 1.79. The number of nitrogens with one attached hydrogen (secondary N) is 2. The molecule has 0 saturated heterocycles. The van der Waals surface area contributed by atoms with Crippen LogP contribution in [0.1, 0.15) is 63.6 Å². The third kappa shape index (κ3) is 4.22. The van der Waals surface area contributed by atoms with Crippen molar-refractivity contribution in [1.82, 2.24) is 14.9 Å². The molecular formula is C24H28N4O2. The van der Waals surface area contributed by atoms with E-state index in [1.807, 2.05) is 70.2 Å². The van der Waals surface area contributed by atoms with Crippen molar-refractivity contribution in [2.75, 3.05) is 5.32 Å². The summed E-state index contributed by atoms with van der Waals surface area (Å²) in [6, 6.07) is 13.5. The first-order chi connectivity index (χ1) is 14.2. The summed E-state index contributed by atoms with van der Waals surface area (Å²) in [6.45, 7) is 7.86. The second-order valence-electron chi connectivity index (χ2n) is 9.08. The molecule has 156 valence electrons. The van der Waals surface area contributed by atoms with E-state index in [2.05, 4.69) is 15.6 Å². The predicted molar refractivity (Wildman–Crippen MR) is 120 cm³/mol. The Balaban J connectivity index is 1.80. The molecule has 6 nitrogen and oxygen atoms in total. The third-order valence-corrected chi connectivity index (χ3v) is 5.38. The van der Waals surface area contributed by atoms with E-state index in [1.54, 1.807) is 4.57 Å². The molecule has 0 unspecified atom stereocenters. The number of hydrogen-bond acceptors (Lipinski definition) is 3. The van der Waals surface area contributed by atoms with Gasteiger partial charge in [0.15, 0.2) is 0 Å². The highest BCUT2D eigenvalue weighted by Gasteiger charge is 2.28. The van der Waals surface area contributed by atoms with Crippen molar-refractivity contribution in [3.05, 3.63) is 70.1 Å². The Kier molecular flexibility index (Phi) is 5.10. The van der Waals surface area contributed by atoms with Crippen LogP contribution in [0.5, 0.6) is 0 Å². The summed E-state index contributed by atoms with van der Waals surface area (Å²) in [5.41, 5.74) is 3.91. The van der Waals surface area contributed by atoms with Gasteiger partial charge in [0.2, 0.25) is 0 Å². The van der Waals surface area contributed by atoms with Crippen LogP contribution in [0.25, 0.3) is 11.0 Å². The number of anilines is 1. The number of hydrogen-bond donors (Lipinski definition) is 2. The lowest BCUT2D eigenvalue weighted by Crippen LogP contribution is -2.43. The summed E-state index contributed by atoms with van der Waals surface area (Å²) in [5, 5.41) is 5.93. The Bertz CT molecular complexity index is 1140. The summed E-state index contributed by atoms with van der Waals surface area (Å²) in [7, 11) is 0. The van der Waals surface area contributed by atoms with E-state index in [9.17, 15) is 9.59 Å². The van der Waals surface area contributed by atoms with E-state index >= 15 is 0 Å². The van der Waals surface area contributed by atoms with Gasteiger partial charge in [0, 0.05) is 11.2 Å². The second-order valence-corrected chi connectivity index (χ2v) is 9.08. The maximum Gasteiger partial charge on any atom is 0.319 e. The Morgan fingerprint density at radius 1 is 1.17 bits per heavy atom. The fraction of sp³-hybridized carbons (Fsp3) is 0.375. The molecule has 4 rings (SSSR count). The Hall–Kier alpha value is -3.15. The predicted octanol–water partition coefficient (Wildman–Crippen LogP) is 4.80. The van der Waals surface area contributed by atoms with E-state index in [1.165, 1.54) is 6.20 Å². The van der Waals surface area contributed by atoms with Gasteiger partial charge in [0.25, 0.3) is 5.56 Å². The Labute approximate surface area is 176 Å². The van der Waals surface area contributed by atoms with Gasteiger partial charge in [-0.05, 0) is 69.7 Å². The van der Waals surface area contributed by atoms with Crippen LogP contribution >= 0.6 is 0 Å². The average Bonchev–Trinajstić information content (AvgIpc) is 3.51. The summed E-state index contributed by atoms with van der Waals surface area (Å²) in [4.78, 5) is 29.6. The first-order valence-electron chi connectivity index (χ1n) is 10.4. The zero-order chi connectivity index (χ0) is 21.5. The van der Waals surface area contributed by atoms with Crippen molar-refractivity contribution in [1.29, 1.82) is 0 Å². The molecule has 2 N–H and O–H groups in total. The molecule has 6 heteroatoms. The number of carbonyl (C=O) groups is 1. The van der Waals surface area contributed by atoms with Gasteiger partial charge in [0.05, 0.1) is 23.3 Å². The average molecular weight is 405 g/mol. The molecule has 1 aromatic heterocycles. The summed E-state index contributed by atoms with van der Waals surface area (Å²) in [5.74, 6) is 0.398. The molecule has 2 aromatic carbocycles. The van der Waals surface area contributed by atoms with Gasteiger partial charge in [-0.2, -0.15) is 0 Å². The standard InChI is InChI=1S/C24H28N4O2/c1-15(16-8-6-5-7-9-16)28-21-12-18(17-10-11-17)19(13-20(21)25-14-22(28)29)26-23(30)27-24(2,3)4/h5-9,12-15,17H,10-11H2,1-4H3,(H2,26,27,30)/t15-/m0/s1. The molecule has 0 spiro atoms. The largest absolute Gasteiger partial charge is 0.333 e. The number of benzene rings is 2. The molecule has 1 saturated carbocycles. The minimum absolute atomic E-state index is 0.126. The molecule has 1 aliphatic carbocycles. The quantitative estimate of drug-likeness (QED) is 0.656. The topological polar surface area (TPSA) is 76.0 Å². The van der Waals surface area contributed by atoms with Crippen LogP contribution in [0.3, 0.4) is 0 Å². The number of fused-ring (bicyclic) bond motifs is 1. The van der Waals surface area contributed by atoms with Gasteiger partial charge in [0.1, 0.15) is 0 Å². The number of urea groups is 1. The maximum atomic E-state index is 12.8. The molecule has 0 aliphatic heterocycles. The van der Waals surface area contributed by atoms with Crippen LogP contribution < -0.4 is 16.2 Å². The van der Waals surface area contributed by atoms with E-state index < -0.39 is 0 Å². The molecule has 1 fully saturated rings. The van der Waals surface area contributed by atoms with E-state index in [0.717, 1.165) is 35.2 Å². The number of carbonyl (C=O) groups excluding carboxylic acids is 1. The van der Waals surface area contributed by atoms with Gasteiger partial charge < -0.3 is 10.6 Å². The number of rotatable bonds is 4. The van der Waals surface area contributed by atoms with E-state index in [0.29, 0.717) is 11.4 Å². The van der Waals surface area contributed by atoms with Crippen molar-refractivity contribution >= 4 is 22.8 Å². The van der Waals surface area contributed by atoms with Crippen LogP contribution in [0.2, 0.25) is 0 Å². The van der Waals surface area contributed by atoms with Crippen LogP contribution in [0.15, 0.2) is 53.5 Å².